The maximum Gasteiger partial charge on any atom is 0.137 e. The molecule has 3 heterocycles. The third kappa shape index (κ3) is 8.66. The van der Waals surface area contributed by atoms with E-state index in [1.165, 1.54) is 11.1 Å². The van der Waals surface area contributed by atoms with Crippen LogP contribution in [0.1, 0.15) is 115 Å². The van der Waals surface area contributed by atoms with E-state index in [4.69, 9.17) is 15.2 Å². The van der Waals surface area contributed by atoms with Crippen molar-refractivity contribution in [1.29, 1.82) is 0 Å². The number of hydrogen-bond acceptors (Lipinski definition) is 4. The topological polar surface area (TPSA) is 33.5 Å². The summed E-state index contributed by atoms with van der Waals surface area (Å²) in [6.07, 6.45) is 3.85. The van der Waals surface area contributed by atoms with Crippen LogP contribution < -0.4 is 14.5 Å². The minimum absolute atomic E-state index is 0.0187. The summed E-state index contributed by atoms with van der Waals surface area (Å²) in [5.74, 6) is 1.58. The number of para-hydroxylation sites is 3. The third-order valence-electron chi connectivity index (χ3n) is 15.7. The summed E-state index contributed by atoms with van der Waals surface area (Å²) in [6.45, 7) is 22.6. The van der Waals surface area contributed by atoms with Crippen LogP contribution in [0.25, 0.3) is 61.0 Å². The Balaban J connectivity index is 1.03. The lowest BCUT2D eigenvalue weighted by Crippen LogP contribution is -2.33. The van der Waals surface area contributed by atoms with Crippen molar-refractivity contribution in [3.63, 3.8) is 0 Å². The second-order valence-corrected chi connectivity index (χ2v) is 23.8. The highest BCUT2D eigenvalue weighted by Crippen LogP contribution is 2.54. The van der Waals surface area contributed by atoms with Gasteiger partial charge in [-0.15, -0.1) is 0 Å². The van der Waals surface area contributed by atoms with Gasteiger partial charge in [0, 0.05) is 45.9 Å². The maximum absolute atomic E-state index is 10.1. The molecule has 0 saturated carbocycles. The van der Waals surface area contributed by atoms with Crippen LogP contribution in [0.15, 0.2) is 194 Å². The molecule has 0 unspecified atom stereocenters. The molecule has 0 bridgehead atoms. The van der Waals surface area contributed by atoms with Crippen LogP contribution in [0, 0.1) is 0 Å². The van der Waals surface area contributed by atoms with Gasteiger partial charge in [0.2, 0.25) is 0 Å². The number of nitrogens with zero attached hydrogens (tertiary/aromatic N) is 4. The lowest BCUT2D eigenvalue weighted by molar-refractivity contribution is 0.332. The molecule has 0 fully saturated rings. The SMILES string of the molecule is [2H]c1c([2H])c(-c2ccccc2)c([2H])c(-c2cc(C(C)(C)C)cc(-c3ccc4c(c3)C(C)(C)CCC4(C)C)c2N2CN(c3cccc(Oc4ccc5c6c([2H])c([2H])c([2H])c([2H])c6n(-c6cc(C(C)(C)C)ccn6)c5c4)c3)c3ccccc32)c1[2H]. The third-order valence-corrected chi connectivity index (χ3v) is 15.7. The van der Waals surface area contributed by atoms with Gasteiger partial charge in [0.1, 0.15) is 24.0 Å². The van der Waals surface area contributed by atoms with E-state index < -0.39 is 0 Å². The Morgan fingerprint density at radius 1 is 0.520 bits per heavy atom. The van der Waals surface area contributed by atoms with E-state index in [2.05, 4.69) is 128 Å². The van der Waals surface area contributed by atoms with Crippen molar-refractivity contribution < 1.29 is 15.7 Å². The molecular formula is C70H68N4O. The predicted molar refractivity (Wildman–Crippen MR) is 316 cm³/mol. The van der Waals surface area contributed by atoms with Gasteiger partial charge in [-0.3, -0.25) is 4.57 Å². The van der Waals surface area contributed by atoms with Crippen molar-refractivity contribution in [2.75, 3.05) is 16.5 Å². The van der Waals surface area contributed by atoms with Crippen LogP contribution in [0.3, 0.4) is 0 Å². The van der Waals surface area contributed by atoms with Gasteiger partial charge in [-0.1, -0.05) is 172 Å². The van der Waals surface area contributed by atoms with Gasteiger partial charge in [-0.05, 0) is 152 Å². The van der Waals surface area contributed by atoms with E-state index in [0.717, 1.165) is 57.8 Å². The number of fused-ring (bicyclic) bond motifs is 5. The summed E-state index contributed by atoms with van der Waals surface area (Å²) in [4.78, 5) is 9.31. The minimum atomic E-state index is -0.375. The van der Waals surface area contributed by atoms with Gasteiger partial charge in [-0.25, -0.2) is 4.98 Å². The molecular weight excluding hydrogens is 913 g/mol. The molecule has 0 radical (unpaired) electrons. The number of ether oxygens (including phenoxy) is 1. The molecule has 10 aromatic rings. The normalized spacial score (nSPS) is 16.6. The highest BCUT2D eigenvalue weighted by molar-refractivity contribution is 6.09. The van der Waals surface area contributed by atoms with E-state index in [0.29, 0.717) is 68.0 Å². The van der Waals surface area contributed by atoms with Gasteiger partial charge < -0.3 is 14.5 Å². The second-order valence-electron chi connectivity index (χ2n) is 23.8. The zero-order valence-corrected chi connectivity index (χ0v) is 44.7. The molecule has 8 aromatic carbocycles. The molecule has 0 atom stereocenters. The molecule has 0 saturated heterocycles. The molecule has 0 amide bonds. The first kappa shape index (κ1) is 39.6. The van der Waals surface area contributed by atoms with Crippen molar-refractivity contribution in [2.24, 2.45) is 0 Å². The van der Waals surface area contributed by atoms with Gasteiger partial charge in [-0.2, -0.15) is 0 Å². The number of benzene rings is 8. The van der Waals surface area contributed by atoms with Crippen molar-refractivity contribution >= 4 is 44.6 Å². The van der Waals surface area contributed by atoms with Crippen molar-refractivity contribution in [3.8, 4) is 50.7 Å². The average molecular weight is 989 g/mol. The lowest BCUT2D eigenvalue weighted by atomic mass is 9.63. The molecule has 75 heavy (non-hydrogen) atoms. The zero-order valence-electron chi connectivity index (χ0n) is 52.7. The first-order chi connectivity index (χ1) is 39.2. The van der Waals surface area contributed by atoms with E-state index in [-0.39, 0.29) is 70.0 Å². The number of rotatable bonds is 8. The fourth-order valence-corrected chi connectivity index (χ4v) is 11.2. The number of hydrogen-bond donors (Lipinski definition) is 0. The first-order valence-corrected chi connectivity index (χ1v) is 26.2. The highest BCUT2D eigenvalue weighted by atomic mass is 16.5. The Morgan fingerprint density at radius 3 is 1.96 bits per heavy atom. The van der Waals surface area contributed by atoms with Crippen molar-refractivity contribution in [3.05, 3.63) is 216 Å². The molecule has 2 aromatic heterocycles. The Hall–Kier alpha value is -7.89. The van der Waals surface area contributed by atoms with E-state index >= 15 is 0 Å². The first-order valence-electron chi connectivity index (χ1n) is 30.2. The molecule has 12 rings (SSSR count). The summed E-state index contributed by atoms with van der Waals surface area (Å²) < 4.78 is 82.7. The van der Waals surface area contributed by atoms with Crippen molar-refractivity contribution in [2.45, 2.75) is 104 Å². The van der Waals surface area contributed by atoms with Crippen LogP contribution in [-0.2, 0) is 21.7 Å². The Bertz CT molecular complexity index is 4300. The fourth-order valence-electron chi connectivity index (χ4n) is 11.2. The molecule has 374 valence electrons. The zero-order chi connectivity index (χ0) is 59.0. The fraction of sp³-hybridized carbons (Fsp3) is 0.243. The van der Waals surface area contributed by atoms with E-state index in [9.17, 15) is 5.48 Å². The number of pyridine rings is 1. The minimum Gasteiger partial charge on any atom is -0.457 e. The summed E-state index contributed by atoms with van der Waals surface area (Å²) in [7, 11) is 0. The predicted octanol–water partition coefficient (Wildman–Crippen LogP) is 19.2. The molecule has 5 nitrogen and oxygen atoms in total. The number of anilines is 4. The van der Waals surface area contributed by atoms with Crippen LogP contribution in [0.5, 0.6) is 11.5 Å². The smallest absolute Gasteiger partial charge is 0.137 e. The quantitative estimate of drug-likeness (QED) is 0.152. The Labute approximate surface area is 455 Å². The van der Waals surface area contributed by atoms with E-state index in [1.54, 1.807) is 6.20 Å². The van der Waals surface area contributed by atoms with Crippen LogP contribution in [0.2, 0.25) is 0 Å². The van der Waals surface area contributed by atoms with Gasteiger partial charge in [0.25, 0.3) is 0 Å². The molecule has 2 aliphatic rings. The average Bonchev–Trinajstić information content (AvgIpc) is 2.00. The molecule has 0 spiro atoms. The maximum atomic E-state index is 10.1. The van der Waals surface area contributed by atoms with Gasteiger partial charge >= 0.3 is 0 Å². The number of aromatic nitrogens is 2. The summed E-state index contributed by atoms with van der Waals surface area (Å²) in [6, 6.07) is 45.0. The van der Waals surface area contributed by atoms with Crippen molar-refractivity contribution in [1.82, 2.24) is 9.55 Å². The lowest BCUT2D eigenvalue weighted by Gasteiger charge is -2.42. The van der Waals surface area contributed by atoms with Crippen LogP contribution >= 0.6 is 0 Å². The Morgan fingerprint density at radius 2 is 1.20 bits per heavy atom. The van der Waals surface area contributed by atoms with Gasteiger partial charge in [0.15, 0.2) is 0 Å². The highest BCUT2D eigenvalue weighted by Gasteiger charge is 2.38. The second kappa shape index (κ2) is 17.9. The molecule has 1 aliphatic carbocycles. The largest absolute Gasteiger partial charge is 0.457 e. The van der Waals surface area contributed by atoms with Crippen LogP contribution in [0.4, 0.5) is 22.7 Å². The van der Waals surface area contributed by atoms with Gasteiger partial charge in [0.05, 0.1) is 39.1 Å². The summed E-state index contributed by atoms with van der Waals surface area (Å²) in [5, 5.41) is 1.05. The summed E-state index contributed by atoms with van der Waals surface area (Å²) >= 11 is 0. The van der Waals surface area contributed by atoms with Crippen LogP contribution in [-0.4, -0.2) is 16.2 Å². The van der Waals surface area contributed by atoms with E-state index in [1.807, 2.05) is 95.6 Å². The molecule has 5 heteroatoms. The summed E-state index contributed by atoms with van der Waals surface area (Å²) in [5.41, 5.74) is 12.2. The molecule has 0 N–H and O–H groups in total. The molecule has 1 aliphatic heterocycles. The Kier molecular flexibility index (Phi) is 9.44. The monoisotopic (exact) mass is 989 g/mol. The standard InChI is InChI=1S/C70H68N4O/c1-67(2,3)50-34-37-71-65(42-50)74-61-27-15-14-26-55(61)56-32-31-54(44-64(56)74)75-53-25-19-24-52(43-53)72-45-73(63-29-17-16-28-62(63)72)66-57(48-23-18-22-47(38-48)46-20-12-11-13-21-46)40-51(68(4,5)6)41-58(66)49-30-33-59-60(39-49)70(9,10)36-35-69(59,7)8/h11-34,37-44H,35-36,45H2,1-10H3/i14D,15D,18D,22D,23D,26D,27D,38D.